The maximum Gasteiger partial charge on any atom is 0.255 e. The molecule has 51 heavy (non-hydrogen) atoms. The predicted octanol–water partition coefficient (Wildman–Crippen LogP) is 1.07. The van der Waals surface area contributed by atoms with Gasteiger partial charge in [-0.15, -0.1) is 5.10 Å². The molecule has 6 N–H and O–H groups in total. The summed E-state index contributed by atoms with van der Waals surface area (Å²) in [6, 6.07) is 9.66. The van der Waals surface area contributed by atoms with E-state index in [2.05, 4.69) is 36.9 Å². The number of nitrogens with zero attached hydrogens (tertiary/aromatic N) is 3. The Hall–Kier alpha value is -5.31. The summed E-state index contributed by atoms with van der Waals surface area (Å²) in [6.45, 7) is 7.25. The lowest BCUT2D eigenvalue weighted by Crippen LogP contribution is -2.60. The Labute approximate surface area is 297 Å². The SMILES string of the molecule is CCCC[C@@H]1NC(=O)c2cc(C)ccc2OCCn2cc(nn2)CNC(=O)[C@H](Cc2ccccc2)NC(=O)[C@H]([C@@H](C)O)NC(=O)[C@H](CC)NC1=O. The van der Waals surface area contributed by atoms with E-state index in [4.69, 9.17) is 4.74 Å². The van der Waals surface area contributed by atoms with Crippen molar-refractivity contribution in [3.63, 3.8) is 0 Å². The number of hydrogen-bond donors (Lipinski definition) is 6. The molecule has 3 aromatic rings. The standard InChI is InChI=1S/C36H48N8O7/c1-5-7-13-28-35(49)38-27(6-2)34(48)41-31(23(4)45)36(50)40-29(19-24-11-9-8-10-12-24)33(47)37-20-25-21-44(43-42-25)16-17-51-30-15-14-22(3)18-26(30)32(46)39-28/h8-12,14-15,18,21,23,27-29,31,45H,5-7,13,16-17,19-20H2,1-4H3,(H,37,47)(H,38,49)(H,39,46)(H,40,50)(H,41,48)/t23-,27+,28+,29+,31+/m1/s1. The molecule has 4 rings (SSSR count). The molecule has 0 fully saturated rings. The van der Waals surface area contributed by atoms with Gasteiger partial charge in [-0.2, -0.15) is 0 Å². The monoisotopic (exact) mass is 704 g/mol. The average molecular weight is 705 g/mol. The van der Waals surface area contributed by atoms with Crippen molar-refractivity contribution in [2.24, 2.45) is 0 Å². The summed E-state index contributed by atoms with van der Waals surface area (Å²) in [5, 5.41) is 32.4. The van der Waals surface area contributed by atoms with Gasteiger partial charge >= 0.3 is 0 Å². The molecule has 0 saturated heterocycles. The van der Waals surface area contributed by atoms with Crippen molar-refractivity contribution in [2.75, 3.05) is 6.61 Å². The van der Waals surface area contributed by atoms with E-state index >= 15 is 0 Å². The first-order chi connectivity index (χ1) is 24.5. The molecular weight excluding hydrogens is 656 g/mol. The molecule has 274 valence electrons. The van der Waals surface area contributed by atoms with Gasteiger partial charge in [0.1, 0.15) is 42.2 Å². The zero-order valence-electron chi connectivity index (χ0n) is 29.5. The highest BCUT2D eigenvalue weighted by molar-refractivity contribution is 6.00. The Kier molecular flexibility index (Phi) is 14.1. The number of aliphatic hydroxyl groups excluding tert-OH is 1. The Morgan fingerprint density at radius 3 is 2.33 bits per heavy atom. The molecule has 0 radical (unpaired) electrons. The van der Waals surface area contributed by atoms with Crippen LogP contribution in [0.5, 0.6) is 5.75 Å². The molecule has 15 nitrogen and oxygen atoms in total. The largest absolute Gasteiger partial charge is 0.491 e. The van der Waals surface area contributed by atoms with E-state index < -0.39 is 59.8 Å². The summed E-state index contributed by atoms with van der Waals surface area (Å²) in [4.78, 5) is 67.8. The number of aromatic nitrogens is 3. The smallest absolute Gasteiger partial charge is 0.255 e. The predicted molar refractivity (Wildman–Crippen MR) is 187 cm³/mol. The lowest BCUT2D eigenvalue weighted by molar-refractivity contribution is -0.136. The van der Waals surface area contributed by atoms with Crippen molar-refractivity contribution < 1.29 is 33.8 Å². The van der Waals surface area contributed by atoms with Gasteiger partial charge in [-0.3, -0.25) is 24.0 Å². The van der Waals surface area contributed by atoms with Crippen LogP contribution in [-0.4, -0.2) is 86.5 Å². The van der Waals surface area contributed by atoms with E-state index in [-0.39, 0.29) is 38.1 Å². The van der Waals surface area contributed by atoms with Crippen LogP contribution in [0.1, 0.15) is 73.6 Å². The molecule has 2 aromatic carbocycles. The van der Waals surface area contributed by atoms with Crippen LogP contribution in [-0.2, 0) is 38.7 Å². The maximum absolute atomic E-state index is 13.6. The molecule has 1 aliphatic rings. The van der Waals surface area contributed by atoms with Gasteiger partial charge < -0.3 is 36.4 Å². The summed E-state index contributed by atoms with van der Waals surface area (Å²) in [7, 11) is 0. The summed E-state index contributed by atoms with van der Waals surface area (Å²) in [5.41, 5.74) is 2.28. The van der Waals surface area contributed by atoms with Crippen molar-refractivity contribution in [3.05, 3.63) is 77.1 Å². The van der Waals surface area contributed by atoms with E-state index in [1.807, 2.05) is 50.2 Å². The number of fused-ring (bicyclic) bond motifs is 3. The highest BCUT2D eigenvalue weighted by atomic mass is 16.5. The fraction of sp³-hybridized carbons (Fsp3) is 0.472. The van der Waals surface area contributed by atoms with Gasteiger partial charge in [0.2, 0.25) is 23.6 Å². The number of benzene rings is 2. The number of carbonyl (C=O) groups excluding carboxylic acids is 5. The molecule has 1 aromatic heterocycles. The van der Waals surface area contributed by atoms with E-state index in [9.17, 15) is 29.1 Å². The molecule has 5 atom stereocenters. The van der Waals surface area contributed by atoms with Crippen molar-refractivity contribution in [1.82, 2.24) is 41.6 Å². The van der Waals surface area contributed by atoms with Crippen LogP contribution in [0.3, 0.4) is 0 Å². The molecule has 15 heteroatoms. The van der Waals surface area contributed by atoms with E-state index in [0.29, 0.717) is 24.3 Å². The van der Waals surface area contributed by atoms with E-state index in [1.54, 1.807) is 29.9 Å². The molecule has 0 spiro atoms. The van der Waals surface area contributed by atoms with Crippen LogP contribution in [0.2, 0.25) is 0 Å². The van der Waals surface area contributed by atoms with Crippen LogP contribution in [0.4, 0.5) is 0 Å². The second-order valence-electron chi connectivity index (χ2n) is 12.7. The van der Waals surface area contributed by atoms with Crippen LogP contribution in [0.15, 0.2) is 54.7 Å². The first kappa shape index (κ1) is 38.5. The topological polar surface area (TPSA) is 206 Å². The molecule has 0 aliphatic carbocycles. The molecule has 0 unspecified atom stereocenters. The van der Waals surface area contributed by atoms with Crippen LogP contribution in [0.25, 0.3) is 0 Å². The molecule has 2 bridgehead atoms. The molecule has 2 heterocycles. The lowest BCUT2D eigenvalue weighted by Gasteiger charge is -2.27. The Morgan fingerprint density at radius 2 is 1.63 bits per heavy atom. The van der Waals surface area contributed by atoms with E-state index in [0.717, 1.165) is 17.5 Å². The van der Waals surface area contributed by atoms with Crippen molar-refractivity contribution in [3.8, 4) is 5.75 Å². The number of nitrogens with one attached hydrogen (secondary N) is 5. The van der Waals surface area contributed by atoms with Gasteiger partial charge in [0, 0.05) is 6.42 Å². The van der Waals surface area contributed by atoms with Gasteiger partial charge in [-0.05, 0) is 44.4 Å². The average Bonchev–Trinajstić information content (AvgIpc) is 3.57. The minimum absolute atomic E-state index is 0.0107. The molecule has 1 aliphatic heterocycles. The molecule has 5 amide bonds. The van der Waals surface area contributed by atoms with Gasteiger partial charge in [0.25, 0.3) is 5.91 Å². The van der Waals surface area contributed by atoms with Gasteiger partial charge in [-0.25, -0.2) is 4.68 Å². The third-order valence-electron chi connectivity index (χ3n) is 8.48. The van der Waals surface area contributed by atoms with Gasteiger partial charge in [-0.1, -0.05) is 73.9 Å². The van der Waals surface area contributed by atoms with E-state index in [1.165, 1.54) is 6.92 Å². The number of unbranched alkanes of at least 4 members (excludes halogenated alkanes) is 1. The number of carbonyl (C=O) groups is 5. The van der Waals surface area contributed by atoms with Crippen molar-refractivity contribution >= 4 is 29.5 Å². The van der Waals surface area contributed by atoms with Crippen LogP contribution < -0.4 is 31.3 Å². The fourth-order valence-corrected chi connectivity index (χ4v) is 5.54. The minimum Gasteiger partial charge on any atom is -0.491 e. The highest BCUT2D eigenvalue weighted by Gasteiger charge is 2.33. The highest BCUT2D eigenvalue weighted by Crippen LogP contribution is 2.21. The van der Waals surface area contributed by atoms with Gasteiger partial charge in [0.15, 0.2) is 0 Å². The number of hydrogen-bond acceptors (Lipinski definition) is 9. The second kappa shape index (κ2) is 18.6. The Balaban J connectivity index is 1.66. The van der Waals surface area contributed by atoms with Crippen LogP contribution >= 0.6 is 0 Å². The first-order valence-electron chi connectivity index (χ1n) is 17.3. The first-order valence-corrected chi connectivity index (χ1v) is 17.3. The van der Waals surface area contributed by atoms with Crippen LogP contribution in [0, 0.1) is 6.92 Å². The third-order valence-corrected chi connectivity index (χ3v) is 8.48. The Morgan fingerprint density at radius 1 is 0.902 bits per heavy atom. The second-order valence-corrected chi connectivity index (χ2v) is 12.7. The third kappa shape index (κ3) is 11.1. The molecule has 0 saturated carbocycles. The number of aliphatic hydroxyl groups is 1. The quantitative estimate of drug-likeness (QED) is 0.208. The van der Waals surface area contributed by atoms with Crippen molar-refractivity contribution in [2.45, 2.75) is 103 Å². The Bertz CT molecular complexity index is 1660. The number of ether oxygens (including phenoxy) is 1. The van der Waals surface area contributed by atoms with Crippen molar-refractivity contribution in [1.29, 1.82) is 0 Å². The summed E-state index contributed by atoms with van der Waals surface area (Å²) >= 11 is 0. The fourth-order valence-electron chi connectivity index (χ4n) is 5.54. The number of amides is 5. The summed E-state index contributed by atoms with van der Waals surface area (Å²) in [5.74, 6) is -2.80. The lowest BCUT2D eigenvalue weighted by atomic mass is 10.0. The summed E-state index contributed by atoms with van der Waals surface area (Å²) in [6.07, 6.45) is 2.27. The number of aryl methyl sites for hydroxylation is 1. The maximum atomic E-state index is 13.6. The minimum atomic E-state index is -1.45. The normalized spacial score (nSPS) is 21.9. The molecular formula is C36H48N8O7. The summed E-state index contributed by atoms with van der Waals surface area (Å²) < 4.78 is 7.53. The zero-order chi connectivity index (χ0) is 36.9. The zero-order valence-corrected chi connectivity index (χ0v) is 29.5. The number of rotatable bonds is 7. The van der Waals surface area contributed by atoms with Gasteiger partial charge in [0.05, 0.1) is 31.0 Å².